The number of ether oxygens (including phenoxy) is 1. The average molecular weight is 401 g/mol. The lowest BCUT2D eigenvalue weighted by atomic mass is 10.0. The molecule has 2 aromatic rings. The summed E-state index contributed by atoms with van der Waals surface area (Å²) in [5.41, 5.74) is 2.64. The Morgan fingerprint density at radius 3 is 2.82 bits per heavy atom. The summed E-state index contributed by atoms with van der Waals surface area (Å²) in [6, 6.07) is 10.9. The number of aliphatic imine (C=N–C) groups is 1. The maximum atomic E-state index is 5.99. The molecule has 152 valence electrons. The predicted molar refractivity (Wildman–Crippen MR) is 118 cm³/mol. The lowest BCUT2D eigenvalue weighted by Gasteiger charge is -2.33. The maximum absolute atomic E-state index is 5.99. The summed E-state index contributed by atoms with van der Waals surface area (Å²) in [6.07, 6.45) is 2.34. The number of nitrogens with zero attached hydrogens (tertiary/aromatic N) is 2. The van der Waals surface area contributed by atoms with E-state index in [-0.39, 0.29) is 6.10 Å². The van der Waals surface area contributed by atoms with Crippen molar-refractivity contribution in [3.05, 3.63) is 52.2 Å². The first kappa shape index (κ1) is 20.7. The van der Waals surface area contributed by atoms with Crippen molar-refractivity contribution < 1.29 is 4.74 Å². The van der Waals surface area contributed by atoms with E-state index in [1.807, 2.05) is 19.2 Å². The van der Waals surface area contributed by atoms with Gasteiger partial charge >= 0.3 is 0 Å². The van der Waals surface area contributed by atoms with E-state index in [2.05, 4.69) is 63.3 Å². The third-order valence-corrected chi connectivity index (χ3v) is 5.75. The summed E-state index contributed by atoms with van der Waals surface area (Å²) in [4.78, 5) is 6.92. The number of benzene rings is 1. The number of likely N-dealkylation sites (tertiary alicyclic amines) is 1. The van der Waals surface area contributed by atoms with Gasteiger partial charge in [-0.3, -0.25) is 9.89 Å². The molecule has 1 aliphatic heterocycles. The van der Waals surface area contributed by atoms with Gasteiger partial charge in [-0.1, -0.05) is 12.1 Å². The van der Waals surface area contributed by atoms with Crippen LogP contribution in [0.25, 0.3) is 0 Å². The topological polar surface area (TPSA) is 48.9 Å². The molecule has 0 bridgehead atoms. The normalized spacial score (nSPS) is 17.3. The summed E-state index contributed by atoms with van der Waals surface area (Å²) in [7, 11) is 1.83. The highest BCUT2D eigenvalue weighted by molar-refractivity contribution is 7.07. The smallest absolute Gasteiger partial charge is 0.191 e. The van der Waals surface area contributed by atoms with E-state index < -0.39 is 0 Å². The lowest BCUT2D eigenvalue weighted by Crippen LogP contribution is -2.49. The molecular formula is C22H32N4OS. The van der Waals surface area contributed by atoms with Gasteiger partial charge in [0, 0.05) is 32.7 Å². The van der Waals surface area contributed by atoms with Crippen LogP contribution >= 0.6 is 11.3 Å². The van der Waals surface area contributed by atoms with Crippen LogP contribution in [0.2, 0.25) is 0 Å². The van der Waals surface area contributed by atoms with Crippen molar-refractivity contribution in [3.8, 4) is 5.75 Å². The molecular weight excluding hydrogens is 368 g/mol. The van der Waals surface area contributed by atoms with Gasteiger partial charge in [-0.25, -0.2) is 0 Å². The number of rotatable bonds is 7. The number of piperidine rings is 1. The van der Waals surface area contributed by atoms with Crippen molar-refractivity contribution in [1.82, 2.24) is 15.5 Å². The fourth-order valence-electron chi connectivity index (χ4n) is 3.47. The number of guanidine groups is 1. The van der Waals surface area contributed by atoms with Gasteiger partial charge in [0.2, 0.25) is 0 Å². The highest BCUT2D eigenvalue weighted by Crippen LogP contribution is 2.16. The molecule has 1 aromatic heterocycles. The monoisotopic (exact) mass is 400 g/mol. The standard InChI is InChI=1S/C22H32N4OS/c1-17-5-4-6-21(13-17)27-18(2)14-24-22(23-3)25-20-7-10-26(11-8-20)15-19-9-12-28-16-19/h4-6,9,12-13,16,18,20H,7-8,10-11,14-15H2,1-3H3,(H2,23,24,25). The number of hydrogen-bond donors (Lipinski definition) is 2. The molecule has 1 atom stereocenters. The van der Waals surface area contributed by atoms with Crippen LogP contribution in [0.5, 0.6) is 5.75 Å². The molecule has 1 unspecified atom stereocenters. The SMILES string of the molecule is CN=C(NCC(C)Oc1cccc(C)c1)NC1CCN(Cc2ccsc2)CC1. The van der Waals surface area contributed by atoms with E-state index in [1.165, 1.54) is 11.1 Å². The molecule has 1 fully saturated rings. The largest absolute Gasteiger partial charge is 0.489 e. The Labute approximate surface area is 172 Å². The first-order chi connectivity index (χ1) is 13.6. The highest BCUT2D eigenvalue weighted by Gasteiger charge is 2.20. The van der Waals surface area contributed by atoms with Gasteiger partial charge in [-0.2, -0.15) is 11.3 Å². The summed E-state index contributed by atoms with van der Waals surface area (Å²) < 4.78 is 5.99. The minimum absolute atomic E-state index is 0.0628. The fraction of sp³-hybridized carbons (Fsp3) is 0.500. The summed E-state index contributed by atoms with van der Waals surface area (Å²) in [6.45, 7) is 8.18. The zero-order chi connectivity index (χ0) is 19.8. The Bertz CT molecular complexity index is 739. The predicted octanol–water partition coefficient (Wildman–Crippen LogP) is 3.65. The molecule has 0 aliphatic carbocycles. The van der Waals surface area contributed by atoms with Gasteiger partial charge in [0.05, 0.1) is 6.54 Å². The van der Waals surface area contributed by atoms with Crippen molar-refractivity contribution >= 4 is 17.3 Å². The number of thiophene rings is 1. The molecule has 5 nitrogen and oxygen atoms in total. The van der Waals surface area contributed by atoms with Crippen LogP contribution in [0.15, 0.2) is 46.1 Å². The van der Waals surface area contributed by atoms with E-state index in [0.29, 0.717) is 12.6 Å². The van der Waals surface area contributed by atoms with Gasteiger partial charge in [0.25, 0.3) is 0 Å². The van der Waals surface area contributed by atoms with Gasteiger partial charge < -0.3 is 15.4 Å². The van der Waals surface area contributed by atoms with Crippen LogP contribution in [0.4, 0.5) is 0 Å². The number of nitrogens with one attached hydrogen (secondary N) is 2. The molecule has 0 radical (unpaired) electrons. The van der Waals surface area contributed by atoms with Crippen molar-refractivity contribution in [2.24, 2.45) is 4.99 Å². The Balaban J connectivity index is 1.37. The summed E-state index contributed by atoms with van der Waals surface area (Å²) in [5.74, 6) is 1.77. The Hall–Kier alpha value is -2.05. The van der Waals surface area contributed by atoms with E-state index in [4.69, 9.17) is 4.74 Å². The molecule has 6 heteroatoms. The summed E-state index contributed by atoms with van der Waals surface area (Å²) >= 11 is 1.78. The Morgan fingerprint density at radius 1 is 1.32 bits per heavy atom. The van der Waals surface area contributed by atoms with Crippen molar-refractivity contribution in [3.63, 3.8) is 0 Å². The number of aryl methyl sites for hydroxylation is 1. The van der Waals surface area contributed by atoms with Gasteiger partial charge in [-0.15, -0.1) is 0 Å². The first-order valence-corrected chi connectivity index (χ1v) is 11.0. The first-order valence-electron chi connectivity index (χ1n) is 10.1. The third-order valence-electron chi connectivity index (χ3n) is 5.02. The molecule has 3 rings (SSSR count). The van der Waals surface area contributed by atoms with E-state index in [9.17, 15) is 0 Å². The van der Waals surface area contributed by atoms with Crippen LogP contribution in [-0.2, 0) is 6.54 Å². The minimum atomic E-state index is 0.0628. The van der Waals surface area contributed by atoms with Crippen LogP contribution in [0, 0.1) is 6.92 Å². The fourth-order valence-corrected chi connectivity index (χ4v) is 4.13. The lowest BCUT2D eigenvalue weighted by molar-refractivity contribution is 0.198. The zero-order valence-electron chi connectivity index (χ0n) is 17.1. The molecule has 0 spiro atoms. The zero-order valence-corrected chi connectivity index (χ0v) is 18.0. The third kappa shape index (κ3) is 6.53. The summed E-state index contributed by atoms with van der Waals surface area (Å²) in [5, 5.41) is 11.4. The Morgan fingerprint density at radius 2 is 2.14 bits per heavy atom. The van der Waals surface area contributed by atoms with Gasteiger partial charge in [-0.05, 0) is 66.8 Å². The highest BCUT2D eigenvalue weighted by atomic mass is 32.1. The van der Waals surface area contributed by atoms with E-state index >= 15 is 0 Å². The molecule has 28 heavy (non-hydrogen) atoms. The molecule has 1 aliphatic rings. The maximum Gasteiger partial charge on any atom is 0.191 e. The van der Waals surface area contributed by atoms with Gasteiger partial charge in [0.15, 0.2) is 5.96 Å². The van der Waals surface area contributed by atoms with Crippen LogP contribution in [0.3, 0.4) is 0 Å². The van der Waals surface area contributed by atoms with E-state index in [1.54, 1.807) is 11.3 Å². The van der Waals surface area contributed by atoms with Gasteiger partial charge in [0.1, 0.15) is 11.9 Å². The quantitative estimate of drug-likeness (QED) is 0.550. The molecule has 1 aromatic carbocycles. The van der Waals surface area contributed by atoms with Crippen LogP contribution in [0.1, 0.15) is 30.9 Å². The van der Waals surface area contributed by atoms with Crippen molar-refractivity contribution in [1.29, 1.82) is 0 Å². The molecule has 0 saturated carbocycles. The van der Waals surface area contributed by atoms with E-state index in [0.717, 1.165) is 44.2 Å². The molecule has 0 amide bonds. The molecule has 2 N–H and O–H groups in total. The van der Waals surface area contributed by atoms with Crippen molar-refractivity contribution in [2.45, 2.75) is 45.4 Å². The molecule has 1 saturated heterocycles. The second kappa shape index (κ2) is 10.5. The number of hydrogen-bond acceptors (Lipinski definition) is 4. The van der Waals surface area contributed by atoms with Crippen molar-refractivity contribution in [2.75, 3.05) is 26.7 Å². The average Bonchev–Trinajstić information content (AvgIpc) is 3.19. The van der Waals surface area contributed by atoms with Crippen LogP contribution in [-0.4, -0.2) is 49.7 Å². The second-order valence-corrected chi connectivity index (χ2v) is 8.30. The minimum Gasteiger partial charge on any atom is -0.489 e. The molecule has 2 heterocycles. The van der Waals surface area contributed by atoms with Crippen LogP contribution < -0.4 is 15.4 Å². The Kier molecular flexibility index (Phi) is 7.74. The second-order valence-electron chi connectivity index (χ2n) is 7.52.